The number of phenolic OH excluding ortho intramolecular Hbond substituents is 1. The number of aryl methyl sites for hydroxylation is 1. The van der Waals surface area contributed by atoms with Crippen molar-refractivity contribution in [1.82, 2.24) is 5.43 Å². The molecule has 0 fully saturated rings. The number of anilines is 1. The summed E-state index contributed by atoms with van der Waals surface area (Å²) < 4.78 is 5.98. The van der Waals surface area contributed by atoms with E-state index in [1.54, 1.807) is 12.1 Å². The van der Waals surface area contributed by atoms with Gasteiger partial charge in [0.05, 0.1) is 11.3 Å². The van der Waals surface area contributed by atoms with Gasteiger partial charge in [0.25, 0.3) is 11.8 Å². The van der Waals surface area contributed by atoms with E-state index >= 15 is 0 Å². The summed E-state index contributed by atoms with van der Waals surface area (Å²) in [5, 5.41) is 19.2. The Kier molecular flexibility index (Phi) is 5.59. The third-order valence-electron chi connectivity index (χ3n) is 6.01. The van der Waals surface area contributed by atoms with Crippen molar-refractivity contribution in [3.8, 4) is 5.75 Å². The normalized spacial score (nSPS) is 14.1. The van der Waals surface area contributed by atoms with Crippen LogP contribution in [0, 0.1) is 6.92 Å². The Bertz CT molecular complexity index is 1450. The number of hydrazone groups is 1. The Labute approximate surface area is 196 Å². The average Bonchev–Trinajstić information content (AvgIpc) is 3.20. The fourth-order valence-corrected chi connectivity index (χ4v) is 4.35. The molecule has 3 aromatic carbocycles. The maximum absolute atomic E-state index is 13.1. The van der Waals surface area contributed by atoms with Crippen LogP contribution in [0.3, 0.4) is 0 Å². The fourth-order valence-electron chi connectivity index (χ4n) is 4.35. The number of phenols is 1. The van der Waals surface area contributed by atoms with E-state index in [4.69, 9.17) is 4.42 Å². The van der Waals surface area contributed by atoms with Crippen molar-refractivity contribution in [3.05, 3.63) is 94.9 Å². The molecule has 5 rings (SSSR count). The van der Waals surface area contributed by atoms with Gasteiger partial charge in [-0.25, -0.2) is 5.43 Å². The summed E-state index contributed by atoms with van der Waals surface area (Å²) in [6.07, 6.45) is 2.11. The van der Waals surface area contributed by atoms with Crippen molar-refractivity contribution >= 4 is 34.0 Å². The van der Waals surface area contributed by atoms with E-state index in [2.05, 4.69) is 15.8 Å². The van der Waals surface area contributed by atoms with E-state index in [0.717, 1.165) is 22.8 Å². The van der Waals surface area contributed by atoms with Crippen LogP contribution in [-0.4, -0.2) is 22.6 Å². The van der Waals surface area contributed by atoms with Gasteiger partial charge < -0.3 is 14.8 Å². The molecule has 0 spiro atoms. The first-order valence-electron chi connectivity index (χ1n) is 11.1. The predicted octanol–water partition coefficient (Wildman–Crippen LogP) is 5.17. The third-order valence-corrected chi connectivity index (χ3v) is 6.01. The van der Waals surface area contributed by atoms with Gasteiger partial charge in [-0.2, -0.15) is 5.10 Å². The lowest BCUT2D eigenvalue weighted by atomic mass is 9.93. The molecule has 170 valence electrons. The Morgan fingerprint density at radius 3 is 2.56 bits per heavy atom. The highest BCUT2D eigenvalue weighted by Gasteiger charge is 2.28. The van der Waals surface area contributed by atoms with E-state index in [-0.39, 0.29) is 23.0 Å². The summed E-state index contributed by atoms with van der Waals surface area (Å²) in [7, 11) is 0. The SMILES string of the molecule is Cc1c(C(=O)Nc2cccc3ccccc23)oc2c1/C(=N/NC(=O)c1ccccc1O)CCC2. The number of rotatable bonds is 4. The summed E-state index contributed by atoms with van der Waals surface area (Å²) in [4.78, 5) is 25.6. The second-order valence-electron chi connectivity index (χ2n) is 8.21. The molecule has 0 saturated carbocycles. The van der Waals surface area contributed by atoms with Gasteiger partial charge in [0.15, 0.2) is 5.76 Å². The third kappa shape index (κ3) is 3.92. The van der Waals surface area contributed by atoms with Gasteiger partial charge in [0.1, 0.15) is 11.5 Å². The molecule has 0 saturated heterocycles. The van der Waals surface area contributed by atoms with Crippen LogP contribution in [0.5, 0.6) is 5.75 Å². The molecule has 0 radical (unpaired) electrons. The van der Waals surface area contributed by atoms with E-state index in [1.807, 2.05) is 49.4 Å². The topological polar surface area (TPSA) is 104 Å². The number of hydrogen-bond acceptors (Lipinski definition) is 5. The van der Waals surface area contributed by atoms with Crippen LogP contribution in [0.1, 0.15) is 50.6 Å². The molecule has 1 heterocycles. The van der Waals surface area contributed by atoms with Crippen LogP contribution in [0.25, 0.3) is 10.8 Å². The number of hydrogen-bond donors (Lipinski definition) is 3. The first-order chi connectivity index (χ1) is 16.5. The van der Waals surface area contributed by atoms with Crippen molar-refractivity contribution in [2.45, 2.75) is 26.2 Å². The highest BCUT2D eigenvalue weighted by atomic mass is 16.4. The van der Waals surface area contributed by atoms with E-state index in [1.165, 1.54) is 12.1 Å². The van der Waals surface area contributed by atoms with E-state index in [9.17, 15) is 14.7 Å². The van der Waals surface area contributed by atoms with Crippen molar-refractivity contribution in [3.63, 3.8) is 0 Å². The number of nitrogens with one attached hydrogen (secondary N) is 2. The van der Waals surface area contributed by atoms with Crippen molar-refractivity contribution in [2.75, 3.05) is 5.32 Å². The maximum Gasteiger partial charge on any atom is 0.291 e. The van der Waals surface area contributed by atoms with Gasteiger partial charge in [-0.3, -0.25) is 9.59 Å². The van der Waals surface area contributed by atoms with Crippen LogP contribution >= 0.6 is 0 Å². The summed E-state index contributed by atoms with van der Waals surface area (Å²) in [5.41, 5.74) is 5.46. The predicted molar refractivity (Wildman–Crippen MR) is 130 cm³/mol. The molecule has 34 heavy (non-hydrogen) atoms. The highest BCUT2D eigenvalue weighted by Crippen LogP contribution is 2.31. The van der Waals surface area contributed by atoms with Crippen LogP contribution < -0.4 is 10.7 Å². The van der Waals surface area contributed by atoms with E-state index < -0.39 is 5.91 Å². The zero-order valence-electron chi connectivity index (χ0n) is 18.6. The molecule has 7 heteroatoms. The molecular formula is C27H23N3O4. The standard InChI is InChI=1S/C27H23N3O4/c1-16-24-21(29-30-26(32)19-11-4-5-14-22(19)31)13-7-15-23(24)34-25(16)27(33)28-20-12-6-9-17-8-2-3-10-18(17)20/h2-6,8-12,14,31H,7,13,15H2,1H3,(H,28,33)(H,30,32)/b29-21+. The van der Waals surface area contributed by atoms with Gasteiger partial charge in [0, 0.05) is 28.6 Å². The zero-order valence-corrected chi connectivity index (χ0v) is 18.6. The van der Waals surface area contributed by atoms with Crippen molar-refractivity contribution in [2.24, 2.45) is 5.10 Å². The number of nitrogens with zero attached hydrogens (tertiary/aromatic N) is 1. The second kappa shape index (κ2) is 8.86. The number of para-hydroxylation sites is 1. The monoisotopic (exact) mass is 453 g/mol. The van der Waals surface area contributed by atoms with Gasteiger partial charge in [-0.05, 0) is 43.4 Å². The number of furan rings is 1. The van der Waals surface area contributed by atoms with E-state index in [0.29, 0.717) is 35.6 Å². The molecule has 0 aliphatic heterocycles. The van der Waals surface area contributed by atoms with Crippen molar-refractivity contribution < 1.29 is 19.1 Å². The maximum atomic E-state index is 13.1. The highest BCUT2D eigenvalue weighted by molar-refractivity contribution is 6.11. The molecule has 1 aliphatic rings. The minimum atomic E-state index is -0.507. The van der Waals surface area contributed by atoms with Gasteiger partial charge in [-0.1, -0.05) is 48.5 Å². The smallest absolute Gasteiger partial charge is 0.291 e. The first-order valence-corrected chi connectivity index (χ1v) is 11.1. The molecule has 2 amide bonds. The molecule has 1 aliphatic carbocycles. The molecule has 4 aromatic rings. The average molecular weight is 453 g/mol. The first kappa shape index (κ1) is 21.5. The molecule has 3 N–H and O–H groups in total. The number of carbonyl (C=O) groups excluding carboxylic acids is 2. The molecular weight excluding hydrogens is 430 g/mol. The summed E-state index contributed by atoms with van der Waals surface area (Å²) >= 11 is 0. The Balaban J connectivity index is 1.42. The van der Waals surface area contributed by atoms with Crippen LogP contribution in [0.2, 0.25) is 0 Å². The lowest BCUT2D eigenvalue weighted by molar-refractivity contribution is 0.0950. The summed E-state index contributed by atoms with van der Waals surface area (Å²) in [6, 6.07) is 19.9. The van der Waals surface area contributed by atoms with Crippen molar-refractivity contribution in [1.29, 1.82) is 0 Å². The lowest BCUT2D eigenvalue weighted by Gasteiger charge is -2.13. The minimum Gasteiger partial charge on any atom is -0.507 e. The number of amides is 2. The Morgan fingerprint density at radius 2 is 1.71 bits per heavy atom. The van der Waals surface area contributed by atoms with Crippen LogP contribution in [-0.2, 0) is 6.42 Å². The Morgan fingerprint density at radius 1 is 0.941 bits per heavy atom. The zero-order chi connectivity index (χ0) is 23.7. The largest absolute Gasteiger partial charge is 0.507 e. The number of benzene rings is 3. The molecule has 1 aromatic heterocycles. The second-order valence-corrected chi connectivity index (χ2v) is 8.21. The van der Waals surface area contributed by atoms with Crippen LogP contribution in [0.15, 0.2) is 76.2 Å². The van der Waals surface area contributed by atoms with Crippen LogP contribution in [0.4, 0.5) is 5.69 Å². The summed E-state index contributed by atoms with van der Waals surface area (Å²) in [5.74, 6) is -0.0352. The Hall–Kier alpha value is -4.39. The number of carbonyl (C=O) groups is 2. The number of aromatic hydroxyl groups is 1. The van der Waals surface area contributed by atoms with Gasteiger partial charge in [0.2, 0.25) is 0 Å². The molecule has 7 nitrogen and oxygen atoms in total. The summed E-state index contributed by atoms with van der Waals surface area (Å²) in [6.45, 7) is 1.83. The van der Waals surface area contributed by atoms with Gasteiger partial charge in [-0.15, -0.1) is 0 Å². The molecule has 0 bridgehead atoms. The minimum absolute atomic E-state index is 0.114. The fraction of sp³-hybridized carbons (Fsp3) is 0.148. The van der Waals surface area contributed by atoms with Gasteiger partial charge >= 0.3 is 0 Å². The number of fused-ring (bicyclic) bond motifs is 2. The molecule has 0 atom stereocenters. The lowest BCUT2D eigenvalue weighted by Crippen LogP contribution is -2.22. The quantitative estimate of drug-likeness (QED) is 0.371. The molecule has 0 unspecified atom stereocenters.